The summed E-state index contributed by atoms with van der Waals surface area (Å²) in [6, 6.07) is 6.01. The Morgan fingerprint density at radius 3 is 2.88 bits per heavy atom. The molecule has 1 amide bonds. The molecule has 1 N–H and O–H groups in total. The van der Waals surface area contributed by atoms with Crippen LogP contribution in [0.3, 0.4) is 0 Å². The summed E-state index contributed by atoms with van der Waals surface area (Å²) in [7, 11) is 2.05. The molecule has 84 valence electrons. The van der Waals surface area contributed by atoms with Gasteiger partial charge in [0.15, 0.2) is 0 Å². The molecule has 1 spiro atoms. The van der Waals surface area contributed by atoms with Gasteiger partial charge in [-0.3, -0.25) is 4.79 Å². The SMILES string of the molecule is CN1CC2(CC2)C(=O)Nc2cc(Br)ccc21. The predicted octanol–water partition coefficient (Wildman–Crippen LogP) is 2.62. The maximum absolute atomic E-state index is 12.1. The number of hydrogen-bond acceptors (Lipinski definition) is 2. The van der Waals surface area contributed by atoms with E-state index in [1.54, 1.807) is 0 Å². The fourth-order valence-corrected chi connectivity index (χ4v) is 2.70. The van der Waals surface area contributed by atoms with Gasteiger partial charge in [-0.25, -0.2) is 0 Å². The minimum absolute atomic E-state index is 0.125. The summed E-state index contributed by atoms with van der Waals surface area (Å²) < 4.78 is 0.992. The van der Waals surface area contributed by atoms with Gasteiger partial charge in [-0.15, -0.1) is 0 Å². The second kappa shape index (κ2) is 3.23. The highest BCUT2D eigenvalue weighted by Crippen LogP contribution is 2.50. The molecular formula is C12H13BrN2O. The summed E-state index contributed by atoms with van der Waals surface area (Å²) in [5.41, 5.74) is 1.88. The van der Waals surface area contributed by atoms with Crippen LogP contribution in [0.2, 0.25) is 0 Å². The summed E-state index contributed by atoms with van der Waals surface area (Å²) in [6.07, 6.45) is 2.02. The van der Waals surface area contributed by atoms with Crippen LogP contribution in [0.4, 0.5) is 11.4 Å². The van der Waals surface area contributed by atoms with Crippen LogP contribution in [-0.2, 0) is 4.79 Å². The summed E-state index contributed by atoms with van der Waals surface area (Å²) in [5, 5.41) is 3.04. The van der Waals surface area contributed by atoms with Gasteiger partial charge in [0.05, 0.1) is 16.8 Å². The highest BCUT2D eigenvalue weighted by molar-refractivity contribution is 9.10. The standard InChI is InChI=1S/C12H13BrN2O/c1-15-7-12(4-5-12)11(16)14-9-6-8(13)2-3-10(9)15/h2-3,6H,4-5,7H2,1H3,(H,14,16). The number of halogens is 1. The number of anilines is 2. The Hall–Kier alpha value is -1.03. The first-order valence-corrected chi connectivity index (χ1v) is 6.22. The molecule has 3 rings (SSSR count). The minimum Gasteiger partial charge on any atom is -0.372 e. The third-order valence-electron chi connectivity index (χ3n) is 3.49. The second-order valence-electron chi connectivity index (χ2n) is 4.75. The number of nitrogens with one attached hydrogen (secondary N) is 1. The van der Waals surface area contributed by atoms with E-state index in [1.165, 1.54) is 0 Å². The van der Waals surface area contributed by atoms with Crippen molar-refractivity contribution in [2.24, 2.45) is 5.41 Å². The number of carbonyl (C=O) groups is 1. The topological polar surface area (TPSA) is 32.3 Å². The van der Waals surface area contributed by atoms with Crippen molar-refractivity contribution >= 4 is 33.2 Å². The Bertz CT molecular complexity index is 468. The summed E-state index contributed by atoms with van der Waals surface area (Å²) in [4.78, 5) is 14.2. The van der Waals surface area contributed by atoms with Crippen molar-refractivity contribution in [1.29, 1.82) is 0 Å². The van der Waals surface area contributed by atoms with Gasteiger partial charge in [0.25, 0.3) is 0 Å². The van der Waals surface area contributed by atoms with E-state index in [0.717, 1.165) is 35.2 Å². The number of carbonyl (C=O) groups excluding carboxylic acids is 1. The lowest BCUT2D eigenvalue weighted by Crippen LogP contribution is -2.31. The molecule has 0 bridgehead atoms. The van der Waals surface area contributed by atoms with E-state index in [4.69, 9.17) is 0 Å². The zero-order chi connectivity index (χ0) is 11.3. The van der Waals surface area contributed by atoms with Crippen LogP contribution in [0.25, 0.3) is 0 Å². The molecule has 1 saturated carbocycles. The van der Waals surface area contributed by atoms with Gasteiger partial charge in [-0.2, -0.15) is 0 Å². The van der Waals surface area contributed by atoms with E-state index in [2.05, 4.69) is 26.1 Å². The normalized spacial score (nSPS) is 21.4. The molecule has 0 radical (unpaired) electrons. The second-order valence-corrected chi connectivity index (χ2v) is 5.67. The highest BCUT2D eigenvalue weighted by Gasteiger charge is 2.51. The van der Waals surface area contributed by atoms with Crippen LogP contribution in [0, 0.1) is 5.41 Å². The molecule has 0 aromatic heterocycles. The Labute approximate surface area is 103 Å². The van der Waals surface area contributed by atoms with Crippen LogP contribution in [0.15, 0.2) is 22.7 Å². The first kappa shape index (κ1) is 10.1. The third kappa shape index (κ3) is 1.44. The van der Waals surface area contributed by atoms with Crippen LogP contribution >= 0.6 is 15.9 Å². The summed E-state index contributed by atoms with van der Waals surface area (Å²) in [6.45, 7) is 0.827. The number of fused-ring (bicyclic) bond motifs is 1. The van der Waals surface area contributed by atoms with E-state index in [-0.39, 0.29) is 11.3 Å². The number of amides is 1. The summed E-state index contributed by atoms with van der Waals surface area (Å²) in [5.74, 6) is 0.177. The van der Waals surface area contributed by atoms with Crippen LogP contribution < -0.4 is 10.2 Å². The molecule has 16 heavy (non-hydrogen) atoms. The van der Waals surface area contributed by atoms with E-state index in [1.807, 2.05) is 25.2 Å². The predicted molar refractivity (Wildman–Crippen MR) is 67.7 cm³/mol. The number of rotatable bonds is 0. The molecule has 1 aliphatic carbocycles. The largest absolute Gasteiger partial charge is 0.372 e. The van der Waals surface area contributed by atoms with Crippen LogP contribution in [0.1, 0.15) is 12.8 Å². The number of benzene rings is 1. The number of nitrogens with zero attached hydrogens (tertiary/aromatic N) is 1. The minimum atomic E-state index is -0.125. The first-order chi connectivity index (χ1) is 7.61. The zero-order valence-electron chi connectivity index (χ0n) is 9.09. The highest BCUT2D eigenvalue weighted by atomic mass is 79.9. The monoisotopic (exact) mass is 280 g/mol. The maximum atomic E-state index is 12.1. The molecule has 1 aromatic carbocycles. The third-order valence-corrected chi connectivity index (χ3v) is 3.99. The van der Waals surface area contributed by atoms with Crippen molar-refractivity contribution in [2.75, 3.05) is 23.8 Å². The lowest BCUT2D eigenvalue weighted by molar-refractivity contribution is -0.120. The molecule has 0 atom stereocenters. The molecule has 1 fully saturated rings. The Kier molecular flexibility index (Phi) is 2.05. The van der Waals surface area contributed by atoms with Gasteiger partial charge in [-0.1, -0.05) is 15.9 Å². The van der Waals surface area contributed by atoms with Gasteiger partial charge < -0.3 is 10.2 Å². The molecular weight excluding hydrogens is 268 g/mol. The van der Waals surface area contributed by atoms with Gasteiger partial charge in [0.1, 0.15) is 0 Å². The molecule has 3 nitrogen and oxygen atoms in total. The van der Waals surface area contributed by atoms with Gasteiger partial charge in [0.2, 0.25) is 5.91 Å². The van der Waals surface area contributed by atoms with Crippen molar-refractivity contribution in [3.63, 3.8) is 0 Å². The van der Waals surface area contributed by atoms with E-state index in [0.29, 0.717) is 0 Å². The molecule has 0 saturated heterocycles. The summed E-state index contributed by atoms with van der Waals surface area (Å²) >= 11 is 3.43. The van der Waals surface area contributed by atoms with Gasteiger partial charge in [0, 0.05) is 18.1 Å². The van der Waals surface area contributed by atoms with Crippen molar-refractivity contribution < 1.29 is 4.79 Å². The average molecular weight is 281 g/mol. The van der Waals surface area contributed by atoms with Crippen LogP contribution in [0.5, 0.6) is 0 Å². The van der Waals surface area contributed by atoms with Gasteiger partial charge >= 0.3 is 0 Å². The molecule has 2 aliphatic rings. The molecule has 1 aromatic rings. The fourth-order valence-electron chi connectivity index (χ4n) is 2.34. The van der Waals surface area contributed by atoms with Crippen molar-refractivity contribution in [2.45, 2.75) is 12.8 Å². The Morgan fingerprint density at radius 1 is 1.44 bits per heavy atom. The van der Waals surface area contributed by atoms with E-state index in [9.17, 15) is 4.79 Å². The fraction of sp³-hybridized carbons (Fsp3) is 0.417. The van der Waals surface area contributed by atoms with E-state index < -0.39 is 0 Å². The molecule has 1 aliphatic heterocycles. The quantitative estimate of drug-likeness (QED) is 0.792. The number of hydrogen-bond donors (Lipinski definition) is 1. The van der Waals surface area contributed by atoms with Crippen molar-refractivity contribution in [3.05, 3.63) is 22.7 Å². The maximum Gasteiger partial charge on any atom is 0.232 e. The lowest BCUT2D eigenvalue weighted by atomic mass is 10.1. The van der Waals surface area contributed by atoms with Gasteiger partial charge in [-0.05, 0) is 31.0 Å². The smallest absolute Gasteiger partial charge is 0.232 e. The van der Waals surface area contributed by atoms with Crippen molar-refractivity contribution in [1.82, 2.24) is 0 Å². The average Bonchev–Trinajstić information content (AvgIpc) is 2.98. The Balaban J connectivity index is 2.06. The van der Waals surface area contributed by atoms with E-state index >= 15 is 0 Å². The first-order valence-electron chi connectivity index (χ1n) is 5.43. The molecule has 4 heteroatoms. The molecule has 1 heterocycles. The molecule has 0 unspecified atom stereocenters. The van der Waals surface area contributed by atoms with Crippen molar-refractivity contribution in [3.8, 4) is 0 Å². The lowest BCUT2D eigenvalue weighted by Gasteiger charge is -2.21. The zero-order valence-corrected chi connectivity index (χ0v) is 10.7. The van der Waals surface area contributed by atoms with Crippen LogP contribution in [-0.4, -0.2) is 19.5 Å². The Morgan fingerprint density at radius 2 is 2.19 bits per heavy atom.